The summed E-state index contributed by atoms with van der Waals surface area (Å²) in [5, 5.41) is 3.69. The third kappa shape index (κ3) is 5.15. The molecule has 4 nitrogen and oxygen atoms in total. The molecule has 0 bridgehead atoms. The zero-order chi connectivity index (χ0) is 16.2. The standard InChI is InChI=1S/C18H34N2O2/c1-14(15-9-5-6-10-15)19-13-16-11-7-8-12-20(16)17(21)22-18(2,3)4/h14-16,19H,5-13H2,1-4H3/t14-,16?/m0/s1. The fraction of sp³-hybridized carbons (Fsp3) is 0.944. The SMILES string of the molecule is C[C@H](NCC1CCCCN1C(=O)OC(C)(C)C)C1CCCC1. The zero-order valence-electron chi connectivity index (χ0n) is 14.9. The van der Waals surface area contributed by atoms with Crippen LogP contribution in [0.4, 0.5) is 4.79 Å². The van der Waals surface area contributed by atoms with Crippen molar-refractivity contribution in [3.05, 3.63) is 0 Å². The van der Waals surface area contributed by atoms with Crippen LogP contribution in [0.2, 0.25) is 0 Å². The van der Waals surface area contributed by atoms with E-state index in [1.807, 2.05) is 25.7 Å². The number of carbonyl (C=O) groups is 1. The Bertz CT molecular complexity index is 359. The molecule has 0 radical (unpaired) electrons. The summed E-state index contributed by atoms with van der Waals surface area (Å²) in [4.78, 5) is 14.3. The lowest BCUT2D eigenvalue weighted by Gasteiger charge is -2.37. The van der Waals surface area contributed by atoms with Crippen LogP contribution < -0.4 is 5.32 Å². The molecule has 2 rings (SSSR count). The molecule has 1 heterocycles. The quantitative estimate of drug-likeness (QED) is 0.855. The molecule has 0 aromatic heterocycles. The average Bonchev–Trinajstić information content (AvgIpc) is 2.97. The second-order valence-electron chi connectivity index (χ2n) is 8.06. The first-order valence-corrected chi connectivity index (χ1v) is 9.10. The van der Waals surface area contributed by atoms with Gasteiger partial charge in [0, 0.05) is 25.2 Å². The van der Waals surface area contributed by atoms with E-state index in [1.165, 1.54) is 32.1 Å². The molecule has 128 valence electrons. The van der Waals surface area contributed by atoms with Gasteiger partial charge in [-0.2, -0.15) is 0 Å². The molecule has 0 aromatic rings. The van der Waals surface area contributed by atoms with Crippen LogP contribution in [0.15, 0.2) is 0 Å². The van der Waals surface area contributed by atoms with Gasteiger partial charge in [0.15, 0.2) is 0 Å². The summed E-state index contributed by atoms with van der Waals surface area (Å²) < 4.78 is 5.57. The number of nitrogens with zero attached hydrogens (tertiary/aromatic N) is 1. The molecular formula is C18H34N2O2. The van der Waals surface area contributed by atoms with Gasteiger partial charge in [-0.15, -0.1) is 0 Å². The maximum Gasteiger partial charge on any atom is 0.410 e. The maximum atomic E-state index is 12.4. The van der Waals surface area contributed by atoms with Gasteiger partial charge in [-0.25, -0.2) is 4.79 Å². The molecule has 1 aliphatic carbocycles. The van der Waals surface area contributed by atoms with Crippen LogP contribution in [0.3, 0.4) is 0 Å². The highest BCUT2D eigenvalue weighted by Gasteiger charge is 2.31. The van der Waals surface area contributed by atoms with Crippen molar-refractivity contribution in [1.29, 1.82) is 0 Å². The molecule has 1 saturated carbocycles. The van der Waals surface area contributed by atoms with Crippen LogP contribution in [0.25, 0.3) is 0 Å². The minimum absolute atomic E-state index is 0.146. The van der Waals surface area contributed by atoms with Gasteiger partial charge in [0.05, 0.1) is 0 Å². The van der Waals surface area contributed by atoms with Crippen molar-refractivity contribution < 1.29 is 9.53 Å². The van der Waals surface area contributed by atoms with Crippen LogP contribution in [-0.4, -0.2) is 41.8 Å². The van der Waals surface area contributed by atoms with E-state index in [1.54, 1.807) is 0 Å². The number of piperidine rings is 1. The summed E-state index contributed by atoms with van der Waals surface area (Å²) >= 11 is 0. The van der Waals surface area contributed by atoms with Gasteiger partial charge < -0.3 is 15.0 Å². The number of amides is 1. The average molecular weight is 310 g/mol. The number of hydrogen-bond acceptors (Lipinski definition) is 3. The fourth-order valence-corrected chi connectivity index (χ4v) is 3.72. The molecule has 2 fully saturated rings. The van der Waals surface area contributed by atoms with Crippen molar-refractivity contribution >= 4 is 6.09 Å². The highest BCUT2D eigenvalue weighted by molar-refractivity contribution is 5.68. The second kappa shape index (κ2) is 7.67. The van der Waals surface area contributed by atoms with Gasteiger partial charge in [-0.1, -0.05) is 12.8 Å². The number of rotatable bonds is 4. The van der Waals surface area contributed by atoms with Gasteiger partial charge in [-0.05, 0) is 65.7 Å². The molecule has 1 aliphatic heterocycles. The molecule has 2 aliphatic rings. The second-order valence-corrected chi connectivity index (χ2v) is 8.06. The van der Waals surface area contributed by atoms with E-state index >= 15 is 0 Å². The van der Waals surface area contributed by atoms with Crippen LogP contribution in [0.1, 0.15) is 72.6 Å². The van der Waals surface area contributed by atoms with Crippen LogP contribution in [0, 0.1) is 5.92 Å². The number of hydrogen-bond donors (Lipinski definition) is 1. The smallest absolute Gasteiger partial charge is 0.410 e. The molecule has 1 N–H and O–H groups in total. The Hall–Kier alpha value is -0.770. The molecule has 1 amide bonds. The van der Waals surface area contributed by atoms with E-state index in [0.29, 0.717) is 6.04 Å². The number of carbonyl (C=O) groups excluding carboxylic acids is 1. The molecule has 1 saturated heterocycles. The largest absolute Gasteiger partial charge is 0.444 e. The lowest BCUT2D eigenvalue weighted by atomic mass is 9.98. The monoisotopic (exact) mass is 310 g/mol. The fourth-order valence-electron chi connectivity index (χ4n) is 3.72. The molecular weight excluding hydrogens is 276 g/mol. The van der Waals surface area contributed by atoms with Gasteiger partial charge >= 0.3 is 6.09 Å². The van der Waals surface area contributed by atoms with E-state index in [-0.39, 0.29) is 12.1 Å². The number of ether oxygens (including phenoxy) is 1. The van der Waals surface area contributed by atoms with Crippen molar-refractivity contribution in [2.24, 2.45) is 5.92 Å². The van der Waals surface area contributed by atoms with Gasteiger partial charge in [0.1, 0.15) is 5.60 Å². The summed E-state index contributed by atoms with van der Waals surface area (Å²) in [6.45, 7) is 9.84. The minimum atomic E-state index is -0.413. The highest BCUT2D eigenvalue weighted by atomic mass is 16.6. The Morgan fingerprint density at radius 3 is 2.45 bits per heavy atom. The lowest BCUT2D eigenvalue weighted by Crippen LogP contribution is -2.51. The van der Waals surface area contributed by atoms with E-state index in [9.17, 15) is 4.79 Å². The Kier molecular flexibility index (Phi) is 6.13. The Labute approximate surface area is 136 Å². The number of likely N-dealkylation sites (tertiary alicyclic amines) is 1. The first-order valence-electron chi connectivity index (χ1n) is 9.10. The Balaban J connectivity index is 1.85. The summed E-state index contributed by atoms with van der Waals surface area (Å²) in [5.41, 5.74) is -0.413. The summed E-state index contributed by atoms with van der Waals surface area (Å²) in [6.07, 6.45) is 8.71. The summed E-state index contributed by atoms with van der Waals surface area (Å²) in [5.74, 6) is 0.818. The Morgan fingerprint density at radius 2 is 1.82 bits per heavy atom. The highest BCUT2D eigenvalue weighted by Crippen LogP contribution is 2.28. The van der Waals surface area contributed by atoms with E-state index < -0.39 is 5.60 Å². The van der Waals surface area contributed by atoms with Crippen molar-refractivity contribution in [3.8, 4) is 0 Å². The molecule has 0 aromatic carbocycles. The molecule has 0 spiro atoms. The van der Waals surface area contributed by atoms with Crippen molar-refractivity contribution in [1.82, 2.24) is 10.2 Å². The third-order valence-electron chi connectivity index (χ3n) is 5.04. The minimum Gasteiger partial charge on any atom is -0.444 e. The predicted octanol–water partition coefficient (Wildman–Crippen LogP) is 3.94. The molecule has 22 heavy (non-hydrogen) atoms. The van der Waals surface area contributed by atoms with E-state index in [0.717, 1.165) is 31.8 Å². The van der Waals surface area contributed by atoms with Crippen molar-refractivity contribution in [2.75, 3.05) is 13.1 Å². The lowest BCUT2D eigenvalue weighted by molar-refractivity contribution is 0.00952. The normalized spacial score (nSPS) is 25.3. The maximum absolute atomic E-state index is 12.4. The third-order valence-corrected chi connectivity index (χ3v) is 5.04. The summed E-state index contributed by atoms with van der Waals surface area (Å²) in [7, 11) is 0. The Morgan fingerprint density at radius 1 is 1.18 bits per heavy atom. The van der Waals surface area contributed by atoms with E-state index in [4.69, 9.17) is 4.74 Å². The first kappa shape index (κ1) is 17.6. The van der Waals surface area contributed by atoms with Crippen molar-refractivity contribution in [3.63, 3.8) is 0 Å². The summed E-state index contributed by atoms with van der Waals surface area (Å²) in [6, 6.07) is 0.845. The topological polar surface area (TPSA) is 41.6 Å². The van der Waals surface area contributed by atoms with E-state index in [2.05, 4.69) is 12.2 Å². The van der Waals surface area contributed by atoms with Crippen LogP contribution in [-0.2, 0) is 4.74 Å². The molecule has 4 heteroatoms. The van der Waals surface area contributed by atoms with Gasteiger partial charge in [0.25, 0.3) is 0 Å². The predicted molar refractivity (Wildman–Crippen MR) is 90.0 cm³/mol. The van der Waals surface area contributed by atoms with Gasteiger partial charge in [0.2, 0.25) is 0 Å². The zero-order valence-corrected chi connectivity index (χ0v) is 14.9. The van der Waals surface area contributed by atoms with Crippen molar-refractivity contribution in [2.45, 2.75) is 90.3 Å². The molecule has 2 atom stereocenters. The van der Waals surface area contributed by atoms with Crippen LogP contribution in [0.5, 0.6) is 0 Å². The van der Waals surface area contributed by atoms with Gasteiger partial charge in [-0.3, -0.25) is 0 Å². The molecule has 1 unspecified atom stereocenters. The first-order chi connectivity index (χ1) is 10.4. The van der Waals surface area contributed by atoms with Crippen LogP contribution >= 0.6 is 0 Å². The number of nitrogens with one attached hydrogen (secondary N) is 1.